The van der Waals surface area contributed by atoms with Crippen molar-refractivity contribution in [1.82, 2.24) is 19.7 Å². The lowest BCUT2D eigenvalue weighted by molar-refractivity contribution is 0.0746. The van der Waals surface area contributed by atoms with Crippen molar-refractivity contribution in [3.8, 4) is 5.69 Å². The molecule has 1 aliphatic heterocycles. The van der Waals surface area contributed by atoms with E-state index in [4.69, 9.17) is 11.6 Å². The van der Waals surface area contributed by atoms with Crippen molar-refractivity contribution >= 4 is 39.3 Å². The van der Waals surface area contributed by atoms with Crippen LogP contribution in [0.1, 0.15) is 16.1 Å². The Bertz CT molecular complexity index is 1030. The van der Waals surface area contributed by atoms with Gasteiger partial charge in [-0.1, -0.05) is 11.6 Å². The molecule has 1 aliphatic rings. The van der Waals surface area contributed by atoms with Gasteiger partial charge < -0.3 is 9.80 Å². The van der Waals surface area contributed by atoms with Crippen LogP contribution in [0.4, 0.5) is 10.2 Å². The number of aryl methyl sites for hydroxylation is 1. The van der Waals surface area contributed by atoms with E-state index in [0.717, 1.165) is 10.3 Å². The molecule has 1 amide bonds. The summed E-state index contributed by atoms with van der Waals surface area (Å²) < 4.78 is 15.6. The third-order valence-corrected chi connectivity index (χ3v) is 5.71. The summed E-state index contributed by atoms with van der Waals surface area (Å²) in [4.78, 5) is 21.5. The lowest BCUT2D eigenvalue weighted by Crippen LogP contribution is -2.49. The number of hydrogen-bond donors (Lipinski definition) is 0. The van der Waals surface area contributed by atoms with Crippen LogP contribution in [0.5, 0.6) is 0 Å². The first-order chi connectivity index (χ1) is 13.9. The van der Waals surface area contributed by atoms with E-state index < -0.39 is 0 Å². The van der Waals surface area contributed by atoms with Crippen LogP contribution in [0.25, 0.3) is 5.69 Å². The topological polar surface area (TPSA) is 54.3 Å². The monoisotopic (exact) mass is 477 g/mol. The van der Waals surface area contributed by atoms with Crippen LogP contribution in [0.15, 0.2) is 47.1 Å². The zero-order valence-corrected chi connectivity index (χ0v) is 18.0. The van der Waals surface area contributed by atoms with E-state index >= 15 is 0 Å². The molecule has 29 heavy (non-hydrogen) atoms. The molecular weight excluding hydrogens is 461 g/mol. The molecule has 4 rings (SSSR count). The molecule has 1 aromatic carbocycles. The van der Waals surface area contributed by atoms with Crippen molar-refractivity contribution in [3.63, 3.8) is 0 Å². The maximum absolute atomic E-state index is 13.2. The molecule has 0 saturated carbocycles. The number of benzene rings is 1. The maximum Gasteiger partial charge on any atom is 0.259 e. The molecule has 3 heterocycles. The standard InChI is InChI=1S/C20H18BrClFN5O/c1-13-18(19(22)28(25-13)16-5-3-15(23)4-6-16)20(29)27-10-8-26(9-11-27)17-7-2-14(21)12-24-17/h2-7,12H,8-11H2,1H3. The second-order valence-corrected chi connectivity index (χ2v) is 8.03. The Kier molecular flexibility index (Phi) is 5.56. The molecule has 0 atom stereocenters. The number of amides is 1. The fourth-order valence-electron chi connectivity index (χ4n) is 3.35. The summed E-state index contributed by atoms with van der Waals surface area (Å²) >= 11 is 9.88. The average molecular weight is 479 g/mol. The number of piperazine rings is 1. The largest absolute Gasteiger partial charge is 0.353 e. The van der Waals surface area contributed by atoms with E-state index in [9.17, 15) is 9.18 Å². The number of hydrogen-bond acceptors (Lipinski definition) is 4. The predicted molar refractivity (Wildman–Crippen MR) is 113 cm³/mol. The second kappa shape index (κ2) is 8.12. The van der Waals surface area contributed by atoms with E-state index in [1.54, 1.807) is 30.2 Å². The highest BCUT2D eigenvalue weighted by molar-refractivity contribution is 9.10. The molecule has 150 valence electrons. The van der Waals surface area contributed by atoms with Gasteiger partial charge in [-0.05, 0) is 59.3 Å². The van der Waals surface area contributed by atoms with Gasteiger partial charge in [-0.3, -0.25) is 4.79 Å². The quantitative estimate of drug-likeness (QED) is 0.569. The number of anilines is 1. The Morgan fingerprint density at radius 2 is 1.79 bits per heavy atom. The van der Waals surface area contributed by atoms with Crippen LogP contribution in [-0.4, -0.2) is 51.8 Å². The molecule has 2 aromatic heterocycles. The fourth-order valence-corrected chi connectivity index (χ4v) is 3.93. The lowest BCUT2D eigenvalue weighted by atomic mass is 10.2. The normalized spacial score (nSPS) is 14.3. The number of nitrogens with zero attached hydrogens (tertiary/aromatic N) is 5. The van der Waals surface area contributed by atoms with Crippen molar-refractivity contribution in [2.45, 2.75) is 6.92 Å². The van der Waals surface area contributed by atoms with E-state index in [0.29, 0.717) is 43.1 Å². The summed E-state index contributed by atoms with van der Waals surface area (Å²) in [5, 5.41) is 4.62. The first-order valence-electron chi connectivity index (χ1n) is 9.11. The fraction of sp³-hybridized carbons (Fsp3) is 0.250. The molecule has 1 saturated heterocycles. The minimum atomic E-state index is -0.344. The molecular formula is C20H18BrClFN5O. The Balaban J connectivity index is 1.50. The maximum atomic E-state index is 13.2. The number of carbonyl (C=O) groups excluding carboxylic acids is 1. The highest BCUT2D eigenvalue weighted by Gasteiger charge is 2.28. The zero-order valence-electron chi connectivity index (χ0n) is 15.6. The van der Waals surface area contributed by atoms with E-state index in [1.165, 1.54) is 16.8 Å². The molecule has 1 fully saturated rings. The SMILES string of the molecule is Cc1nn(-c2ccc(F)cc2)c(Cl)c1C(=O)N1CCN(c2ccc(Br)cn2)CC1. The van der Waals surface area contributed by atoms with Crippen molar-refractivity contribution in [2.24, 2.45) is 0 Å². The van der Waals surface area contributed by atoms with Gasteiger partial charge in [0.1, 0.15) is 16.8 Å². The summed E-state index contributed by atoms with van der Waals surface area (Å²) in [7, 11) is 0. The van der Waals surface area contributed by atoms with Crippen LogP contribution >= 0.6 is 27.5 Å². The van der Waals surface area contributed by atoms with Crippen LogP contribution in [0.2, 0.25) is 5.15 Å². The average Bonchev–Trinajstić information content (AvgIpc) is 3.03. The predicted octanol–water partition coefficient (Wildman–Crippen LogP) is 4.09. The number of pyridine rings is 1. The van der Waals surface area contributed by atoms with Gasteiger partial charge in [0.05, 0.1) is 16.9 Å². The van der Waals surface area contributed by atoms with Crippen molar-refractivity contribution < 1.29 is 9.18 Å². The number of rotatable bonds is 3. The molecule has 0 unspecified atom stereocenters. The number of halogens is 3. The highest BCUT2D eigenvalue weighted by Crippen LogP contribution is 2.26. The van der Waals surface area contributed by atoms with Crippen LogP contribution < -0.4 is 4.90 Å². The second-order valence-electron chi connectivity index (χ2n) is 6.75. The molecule has 0 bridgehead atoms. The molecule has 3 aromatic rings. The third kappa shape index (κ3) is 4.00. The summed E-state index contributed by atoms with van der Waals surface area (Å²) in [6.07, 6.45) is 1.76. The van der Waals surface area contributed by atoms with Crippen molar-refractivity contribution in [2.75, 3.05) is 31.1 Å². The molecule has 9 heteroatoms. The molecule has 0 N–H and O–H groups in total. The van der Waals surface area contributed by atoms with E-state index in [2.05, 4.69) is 30.9 Å². The lowest BCUT2D eigenvalue weighted by Gasteiger charge is -2.35. The van der Waals surface area contributed by atoms with Crippen molar-refractivity contribution in [3.05, 3.63) is 69.3 Å². The summed E-state index contributed by atoms with van der Waals surface area (Å²) in [6.45, 7) is 4.25. The van der Waals surface area contributed by atoms with Gasteiger partial charge in [-0.15, -0.1) is 0 Å². The van der Waals surface area contributed by atoms with E-state index in [-0.39, 0.29) is 16.9 Å². The minimum Gasteiger partial charge on any atom is -0.353 e. The summed E-state index contributed by atoms with van der Waals surface area (Å²) in [6, 6.07) is 9.72. The Morgan fingerprint density at radius 3 is 2.41 bits per heavy atom. The molecule has 0 aliphatic carbocycles. The van der Waals surface area contributed by atoms with Crippen LogP contribution in [0, 0.1) is 12.7 Å². The summed E-state index contributed by atoms with van der Waals surface area (Å²) in [5.41, 5.74) is 1.53. The number of carbonyl (C=O) groups is 1. The molecule has 6 nitrogen and oxygen atoms in total. The van der Waals surface area contributed by atoms with Crippen LogP contribution in [0.3, 0.4) is 0 Å². The van der Waals surface area contributed by atoms with Gasteiger partial charge in [0.2, 0.25) is 0 Å². The van der Waals surface area contributed by atoms with Gasteiger partial charge in [0, 0.05) is 36.8 Å². The first-order valence-corrected chi connectivity index (χ1v) is 10.3. The van der Waals surface area contributed by atoms with Gasteiger partial charge in [-0.2, -0.15) is 5.10 Å². The van der Waals surface area contributed by atoms with Gasteiger partial charge in [0.25, 0.3) is 5.91 Å². The third-order valence-electron chi connectivity index (χ3n) is 4.89. The minimum absolute atomic E-state index is 0.149. The zero-order chi connectivity index (χ0) is 20.5. The Hall–Kier alpha value is -2.45. The molecule has 0 spiro atoms. The summed E-state index contributed by atoms with van der Waals surface area (Å²) in [5.74, 6) is 0.395. The highest BCUT2D eigenvalue weighted by atomic mass is 79.9. The van der Waals surface area contributed by atoms with Gasteiger partial charge >= 0.3 is 0 Å². The van der Waals surface area contributed by atoms with Gasteiger partial charge in [0.15, 0.2) is 0 Å². The number of aromatic nitrogens is 3. The Morgan fingerprint density at radius 1 is 1.10 bits per heavy atom. The van der Waals surface area contributed by atoms with Gasteiger partial charge in [-0.25, -0.2) is 14.1 Å². The first kappa shape index (κ1) is 19.8. The van der Waals surface area contributed by atoms with Crippen molar-refractivity contribution in [1.29, 1.82) is 0 Å². The molecule has 0 radical (unpaired) electrons. The smallest absolute Gasteiger partial charge is 0.259 e. The van der Waals surface area contributed by atoms with E-state index in [1.807, 2.05) is 12.1 Å². The van der Waals surface area contributed by atoms with Crippen LogP contribution in [-0.2, 0) is 0 Å². The Labute approximate surface area is 181 Å².